The van der Waals surface area contributed by atoms with Crippen LogP contribution >= 0.6 is 0 Å². The second kappa shape index (κ2) is 4.47. The summed E-state index contributed by atoms with van der Waals surface area (Å²) in [4.78, 5) is 13.3. The Kier molecular flexibility index (Phi) is 3.17. The zero-order valence-corrected chi connectivity index (χ0v) is 9.89. The number of piperidine rings is 1. The number of hydrogen-bond acceptors (Lipinski definition) is 3. The fraction of sp³-hybridized carbons (Fsp3) is 0.462. The Morgan fingerprint density at radius 2 is 1.88 bits per heavy atom. The van der Waals surface area contributed by atoms with Crippen LogP contribution in [0.1, 0.15) is 28.8 Å². The van der Waals surface area contributed by atoms with Crippen LogP contribution in [0.5, 0.6) is 0 Å². The first-order valence-electron chi connectivity index (χ1n) is 5.77. The van der Waals surface area contributed by atoms with Gasteiger partial charge in [0, 0.05) is 13.1 Å². The van der Waals surface area contributed by atoms with Gasteiger partial charge in [-0.3, -0.25) is 0 Å². The summed E-state index contributed by atoms with van der Waals surface area (Å²) in [6, 6.07) is 6.73. The van der Waals surface area contributed by atoms with E-state index in [1.54, 1.807) is 24.3 Å². The van der Waals surface area contributed by atoms with Gasteiger partial charge in [0.1, 0.15) is 0 Å². The number of hydrogen-bond donors (Lipinski definition) is 2. The third kappa shape index (κ3) is 2.33. The molecule has 4 heteroatoms. The summed E-state index contributed by atoms with van der Waals surface area (Å²) >= 11 is 0. The number of carbonyl (C=O) groups is 1. The zero-order chi connectivity index (χ0) is 12.5. The molecule has 0 unspecified atom stereocenters. The highest BCUT2D eigenvalue weighted by atomic mass is 16.4. The molecule has 2 N–H and O–H groups in total. The first-order chi connectivity index (χ1) is 8.03. The molecule has 2 rings (SSSR count). The van der Waals surface area contributed by atoms with Gasteiger partial charge < -0.3 is 15.1 Å². The summed E-state index contributed by atoms with van der Waals surface area (Å²) in [5.74, 6) is -0.979. The SMILES string of the molecule is CN1CCC(O)(c2ccccc2C(=O)O)CC1. The van der Waals surface area contributed by atoms with E-state index < -0.39 is 11.6 Å². The van der Waals surface area contributed by atoms with E-state index in [1.807, 2.05) is 7.05 Å². The molecule has 1 saturated heterocycles. The number of benzene rings is 1. The van der Waals surface area contributed by atoms with Crippen LogP contribution in [0.25, 0.3) is 0 Å². The molecule has 92 valence electrons. The molecule has 1 fully saturated rings. The van der Waals surface area contributed by atoms with E-state index >= 15 is 0 Å². The van der Waals surface area contributed by atoms with Gasteiger partial charge in [-0.25, -0.2) is 4.79 Å². The number of likely N-dealkylation sites (tertiary alicyclic amines) is 1. The molecular weight excluding hydrogens is 218 g/mol. The standard InChI is InChI=1S/C13H17NO3/c1-14-8-6-13(17,7-9-14)11-5-3-2-4-10(11)12(15)16/h2-5,17H,6-9H2,1H3,(H,15,16). The van der Waals surface area contributed by atoms with Crippen molar-refractivity contribution in [1.29, 1.82) is 0 Å². The lowest BCUT2D eigenvalue weighted by Crippen LogP contribution is -2.41. The van der Waals surface area contributed by atoms with Crippen LogP contribution in [-0.2, 0) is 5.60 Å². The van der Waals surface area contributed by atoms with Gasteiger partial charge in [0.15, 0.2) is 0 Å². The van der Waals surface area contributed by atoms with Gasteiger partial charge in [-0.2, -0.15) is 0 Å². The largest absolute Gasteiger partial charge is 0.478 e. The summed E-state index contributed by atoms with van der Waals surface area (Å²) in [5.41, 5.74) is -0.248. The van der Waals surface area contributed by atoms with Crippen molar-refractivity contribution in [2.45, 2.75) is 18.4 Å². The molecule has 1 aromatic carbocycles. The number of rotatable bonds is 2. The molecule has 1 aliphatic rings. The lowest BCUT2D eigenvalue weighted by Gasteiger charge is -2.37. The maximum atomic E-state index is 11.1. The quantitative estimate of drug-likeness (QED) is 0.811. The average molecular weight is 235 g/mol. The highest BCUT2D eigenvalue weighted by Gasteiger charge is 2.35. The molecule has 1 aliphatic heterocycles. The van der Waals surface area contributed by atoms with Crippen molar-refractivity contribution < 1.29 is 15.0 Å². The summed E-state index contributed by atoms with van der Waals surface area (Å²) in [5, 5.41) is 19.7. The molecule has 0 atom stereocenters. The smallest absolute Gasteiger partial charge is 0.336 e. The highest BCUT2D eigenvalue weighted by molar-refractivity contribution is 5.89. The predicted octanol–water partition coefficient (Wildman–Crippen LogP) is 1.30. The van der Waals surface area contributed by atoms with Crippen molar-refractivity contribution in [3.63, 3.8) is 0 Å². The maximum Gasteiger partial charge on any atom is 0.336 e. The van der Waals surface area contributed by atoms with Gasteiger partial charge in [-0.15, -0.1) is 0 Å². The second-order valence-electron chi connectivity index (χ2n) is 4.69. The lowest BCUT2D eigenvalue weighted by atomic mass is 9.82. The molecular formula is C13H17NO3. The molecule has 0 saturated carbocycles. The highest BCUT2D eigenvalue weighted by Crippen LogP contribution is 2.34. The molecule has 0 amide bonds. The minimum absolute atomic E-state index is 0.208. The van der Waals surface area contributed by atoms with Crippen LogP contribution in [0, 0.1) is 0 Å². The third-order valence-electron chi connectivity index (χ3n) is 3.47. The fourth-order valence-corrected chi connectivity index (χ4v) is 2.33. The first kappa shape index (κ1) is 12.1. The monoisotopic (exact) mass is 235 g/mol. The minimum Gasteiger partial charge on any atom is -0.478 e. The van der Waals surface area contributed by atoms with Crippen molar-refractivity contribution in [2.24, 2.45) is 0 Å². The number of nitrogens with zero attached hydrogens (tertiary/aromatic N) is 1. The van der Waals surface area contributed by atoms with Crippen LogP contribution in [0.4, 0.5) is 0 Å². The summed E-state index contributed by atoms with van der Waals surface area (Å²) in [6.07, 6.45) is 1.15. The van der Waals surface area contributed by atoms with Crippen LogP contribution in [-0.4, -0.2) is 41.2 Å². The van der Waals surface area contributed by atoms with Crippen molar-refractivity contribution >= 4 is 5.97 Å². The van der Waals surface area contributed by atoms with Gasteiger partial charge in [0.2, 0.25) is 0 Å². The maximum absolute atomic E-state index is 11.1. The second-order valence-corrected chi connectivity index (χ2v) is 4.69. The number of aromatic carboxylic acids is 1. The Morgan fingerprint density at radius 3 is 2.47 bits per heavy atom. The molecule has 1 heterocycles. The third-order valence-corrected chi connectivity index (χ3v) is 3.47. The summed E-state index contributed by atoms with van der Waals surface area (Å²) in [6.45, 7) is 1.56. The van der Waals surface area contributed by atoms with E-state index in [1.165, 1.54) is 0 Å². The van der Waals surface area contributed by atoms with Gasteiger partial charge in [0.05, 0.1) is 11.2 Å². The van der Waals surface area contributed by atoms with E-state index in [0.29, 0.717) is 18.4 Å². The van der Waals surface area contributed by atoms with E-state index in [4.69, 9.17) is 5.11 Å². The van der Waals surface area contributed by atoms with Crippen LogP contribution in [0.15, 0.2) is 24.3 Å². The Morgan fingerprint density at radius 1 is 1.29 bits per heavy atom. The molecule has 0 radical (unpaired) electrons. The van der Waals surface area contributed by atoms with Gasteiger partial charge in [-0.05, 0) is 31.5 Å². The van der Waals surface area contributed by atoms with Crippen molar-refractivity contribution in [3.05, 3.63) is 35.4 Å². The summed E-state index contributed by atoms with van der Waals surface area (Å²) in [7, 11) is 2.00. The van der Waals surface area contributed by atoms with E-state index in [9.17, 15) is 9.90 Å². The molecule has 1 aromatic rings. The first-order valence-corrected chi connectivity index (χ1v) is 5.77. The molecule has 4 nitrogen and oxygen atoms in total. The average Bonchev–Trinajstić information content (AvgIpc) is 2.33. The van der Waals surface area contributed by atoms with E-state index in [2.05, 4.69) is 4.90 Å². The van der Waals surface area contributed by atoms with E-state index in [-0.39, 0.29) is 5.56 Å². The van der Waals surface area contributed by atoms with E-state index in [0.717, 1.165) is 13.1 Å². The predicted molar refractivity (Wildman–Crippen MR) is 64.0 cm³/mol. The van der Waals surface area contributed by atoms with Crippen LogP contribution < -0.4 is 0 Å². The lowest BCUT2D eigenvalue weighted by molar-refractivity contribution is -0.0212. The van der Waals surface area contributed by atoms with Gasteiger partial charge >= 0.3 is 5.97 Å². The Bertz CT molecular complexity index is 422. The van der Waals surface area contributed by atoms with Crippen molar-refractivity contribution in [3.8, 4) is 0 Å². The Hall–Kier alpha value is -1.39. The number of aliphatic hydroxyl groups is 1. The van der Waals surface area contributed by atoms with Crippen molar-refractivity contribution in [1.82, 2.24) is 4.90 Å². The molecule has 0 bridgehead atoms. The zero-order valence-electron chi connectivity index (χ0n) is 9.89. The van der Waals surface area contributed by atoms with Crippen LogP contribution in [0.2, 0.25) is 0 Å². The van der Waals surface area contributed by atoms with Gasteiger partial charge in [0.25, 0.3) is 0 Å². The molecule has 0 aromatic heterocycles. The fourth-order valence-electron chi connectivity index (χ4n) is 2.33. The Balaban J connectivity index is 2.36. The topological polar surface area (TPSA) is 60.8 Å². The minimum atomic E-state index is -0.999. The molecule has 0 spiro atoms. The number of carboxylic acid groups (broad SMARTS) is 1. The van der Waals surface area contributed by atoms with Crippen LogP contribution in [0.3, 0.4) is 0 Å². The van der Waals surface area contributed by atoms with Crippen molar-refractivity contribution in [2.75, 3.05) is 20.1 Å². The Labute approximate surface area is 100 Å². The normalized spacial score (nSPS) is 20.1. The molecule has 0 aliphatic carbocycles. The molecule has 17 heavy (non-hydrogen) atoms. The number of carboxylic acids is 1. The van der Waals surface area contributed by atoms with Gasteiger partial charge in [-0.1, -0.05) is 18.2 Å². The summed E-state index contributed by atoms with van der Waals surface area (Å²) < 4.78 is 0.